The molecule has 0 aliphatic heterocycles. The fraction of sp³-hybridized carbons (Fsp3) is 0.0588. The van der Waals surface area contributed by atoms with E-state index in [1.807, 2.05) is 24.3 Å². The van der Waals surface area contributed by atoms with Gasteiger partial charge in [-0.15, -0.1) is 0 Å². The zero-order valence-corrected chi connectivity index (χ0v) is 13.3. The van der Waals surface area contributed by atoms with E-state index in [1.54, 1.807) is 29.2 Å². The summed E-state index contributed by atoms with van der Waals surface area (Å²) in [6.07, 6.45) is 6.58. The summed E-state index contributed by atoms with van der Waals surface area (Å²) >= 11 is 0. The highest BCUT2D eigenvalue weighted by Gasteiger charge is 2.11. The van der Waals surface area contributed by atoms with E-state index in [4.69, 9.17) is 0 Å². The lowest BCUT2D eigenvalue weighted by atomic mass is 10.1. The molecule has 0 spiro atoms. The van der Waals surface area contributed by atoms with E-state index in [9.17, 15) is 4.79 Å². The largest absolute Gasteiger partial charge is 0.311 e. The third-order valence-corrected chi connectivity index (χ3v) is 3.59. The van der Waals surface area contributed by atoms with Crippen LogP contribution in [0.5, 0.6) is 0 Å². The Hall–Kier alpha value is -3.68. The molecular weight excluding hydrogens is 318 g/mol. The van der Waals surface area contributed by atoms with Crippen molar-refractivity contribution in [3.8, 4) is 22.5 Å². The maximum Gasteiger partial charge on any atom is 0.253 e. The van der Waals surface area contributed by atoms with Gasteiger partial charge >= 0.3 is 0 Å². The molecule has 8 nitrogen and oxygen atoms in total. The first-order valence-corrected chi connectivity index (χ1v) is 7.56. The fourth-order valence-corrected chi connectivity index (χ4v) is 2.49. The Morgan fingerprint density at radius 3 is 2.64 bits per heavy atom. The van der Waals surface area contributed by atoms with Crippen molar-refractivity contribution in [1.82, 2.24) is 29.5 Å². The van der Waals surface area contributed by atoms with E-state index >= 15 is 0 Å². The van der Waals surface area contributed by atoms with Crippen LogP contribution >= 0.6 is 0 Å². The fourth-order valence-electron chi connectivity index (χ4n) is 2.49. The first-order chi connectivity index (χ1) is 12.2. The average Bonchev–Trinajstić information content (AvgIpc) is 3.10. The molecular formula is C17H13N7O. The lowest BCUT2D eigenvalue weighted by Crippen LogP contribution is -2.07. The molecule has 4 rings (SSSR count). The predicted octanol–water partition coefficient (Wildman–Crippen LogP) is 2.21. The van der Waals surface area contributed by atoms with Crippen molar-refractivity contribution in [2.45, 2.75) is 6.92 Å². The van der Waals surface area contributed by atoms with Crippen molar-refractivity contribution in [2.24, 2.45) is 0 Å². The van der Waals surface area contributed by atoms with Gasteiger partial charge in [0.15, 0.2) is 0 Å². The van der Waals surface area contributed by atoms with Crippen LogP contribution in [0.2, 0.25) is 0 Å². The molecule has 0 aliphatic rings. The smallest absolute Gasteiger partial charge is 0.253 e. The Morgan fingerprint density at radius 2 is 1.92 bits per heavy atom. The molecule has 0 aliphatic carbocycles. The first kappa shape index (κ1) is 14.9. The summed E-state index contributed by atoms with van der Waals surface area (Å²) in [5, 5.41) is 6.88. The first-order valence-electron chi connectivity index (χ1n) is 7.56. The van der Waals surface area contributed by atoms with E-state index < -0.39 is 0 Å². The van der Waals surface area contributed by atoms with E-state index in [0.29, 0.717) is 17.3 Å². The molecule has 0 atom stereocenters. The van der Waals surface area contributed by atoms with Crippen LogP contribution in [-0.2, 0) is 4.79 Å². The number of nitrogens with one attached hydrogen (secondary N) is 1. The molecule has 8 heteroatoms. The van der Waals surface area contributed by atoms with Gasteiger partial charge in [-0.3, -0.25) is 9.78 Å². The number of pyridine rings is 2. The number of rotatable bonds is 3. The van der Waals surface area contributed by atoms with Crippen LogP contribution in [0.4, 0.5) is 5.82 Å². The highest BCUT2D eigenvalue weighted by atomic mass is 16.1. The summed E-state index contributed by atoms with van der Waals surface area (Å²) in [7, 11) is 0. The van der Waals surface area contributed by atoms with Gasteiger partial charge in [-0.2, -0.15) is 14.6 Å². The van der Waals surface area contributed by atoms with Crippen molar-refractivity contribution in [1.29, 1.82) is 0 Å². The van der Waals surface area contributed by atoms with Crippen LogP contribution in [0, 0.1) is 0 Å². The predicted molar refractivity (Wildman–Crippen MR) is 91.5 cm³/mol. The summed E-state index contributed by atoms with van der Waals surface area (Å²) in [5.41, 5.74) is 3.34. The number of carbonyl (C=O) groups is 1. The Bertz CT molecular complexity index is 1040. The van der Waals surface area contributed by atoms with Gasteiger partial charge in [-0.05, 0) is 30.3 Å². The highest BCUT2D eigenvalue weighted by molar-refractivity contribution is 5.87. The number of amides is 1. The number of aromatic nitrogens is 6. The molecule has 4 heterocycles. The number of fused-ring (bicyclic) bond motifs is 1. The van der Waals surface area contributed by atoms with Crippen LogP contribution in [0.25, 0.3) is 28.3 Å². The lowest BCUT2D eigenvalue weighted by molar-refractivity contribution is -0.114. The molecule has 0 saturated carbocycles. The molecule has 0 fully saturated rings. The SMILES string of the molecule is CC(=O)Nc1ccc(-c2cc(-c3ccncc3)n3ncnc3n2)cn1. The second-order valence-corrected chi connectivity index (χ2v) is 5.35. The quantitative estimate of drug-likeness (QED) is 0.618. The van der Waals surface area contributed by atoms with Crippen LogP contribution in [0.15, 0.2) is 55.2 Å². The monoisotopic (exact) mass is 331 g/mol. The van der Waals surface area contributed by atoms with Gasteiger partial charge in [0.1, 0.15) is 12.1 Å². The number of anilines is 1. The van der Waals surface area contributed by atoms with E-state index in [1.165, 1.54) is 13.3 Å². The summed E-state index contributed by atoms with van der Waals surface area (Å²) in [6, 6.07) is 9.31. The normalized spacial score (nSPS) is 10.8. The molecule has 4 aromatic heterocycles. The molecule has 1 amide bonds. The van der Waals surface area contributed by atoms with Crippen molar-refractivity contribution in [3.63, 3.8) is 0 Å². The zero-order valence-electron chi connectivity index (χ0n) is 13.3. The molecule has 0 saturated heterocycles. The average molecular weight is 331 g/mol. The molecule has 1 N–H and O–H groups in total. The van der Waals surface area contributed by atoms with Gasteiger partial charge in [-0.25, -0.2) is 9.97 Å². The van der Waals surface area contributed by atoms with Gasteiger partial charge in [0, 0.05) is 36.6 Å². The summed E-state index contributed by atoms with van der Waals surface area (Å²) in [4.78, 5) is 28.1. The number of nitrogens with zero attached hydrogens (tertiary/aromatic N) is 6. The van der Waals surface area contributed by atoms with Gasteiger partial charge in [-0.1, -0.05) is 0 Å². The molecule has 0 aromatic carbocycles. The van der Waals surface area contributed by atoms with E-state index in [0.717, 1.165) is 16.8 Å². The molecule has 25 heavy (non-hydrogen) atoms. The van der Waals surface area contributed by atoms with E-state index in [2.05, 4.69) is 30.4 Å². The molecule has 0 unspecified atom stereocenters. The van der Waals surface area contributed by atoms with Crippen molar-refractivity contribution >= 4 is 17.5 Å². The minimum absolute atomic E-state index is 0.164. The molecule has 122 valence electrons. The second kappa shape index (κ2) is 6.08. The Morgan fingerprint density at radius 1 is 1.08 bits per heavy atom. The lowest BCUT2D eigenvalue weighted by Gasteiger charge is -2.08. The topological polar surface area (TPSA) is 98.0 Å². The maximum absolute atomic E-state index is 11.1. The number of hydrogen-bond donors (Lipinski definition) is 1. The highest BCUT2D eigenvalue weighted by Crippen LogP contribution is 2.25. The zero-order chi connectivity index (χ0) is 17.2. The van der Waals surface area contributed by atoms with Crippen LogP contribution in [-0.4, -0.2) is 35.5 Å². The molecule has 0 radical (unpaired) electrons. The minimum atomic E-state index is -0.164. The van der Waals surface area contributed by atoms with Crippen molar-refractivity contribution < 1.29 is 4.79 Å². The van der Waals surface area contributed by atoms with Gasteiger partial charge in [0.2, 0.25) is 5.91 Å². The Kier molecular flexibility index (Phi) is 3.62. The third kappa shape index (κ3) is 2.92. The summed E-state index contributed by atoms with van der Waals surface area (Å²) in [6.45, 7) is 1.44. The van der Waals surface area contributed by atoms with Gasteiger partial charge < -0.3 is 5.32 Å². The minimum Gasteiger partial charge on any atom is -0.311 e. The van der Waals surface area contributed by atoms with Crippen LogP contribution < -0.4 is 5.32 Å². The standard InChI is InChI=1S/C17H13N7O/c1-11(25)22-16-3-2-13(9-19-16)14-8-15(12-4-6-18-7-5-12)24-17(23-14)20-10-21-24/h2-10H,1H3,(H,19,22,25). The van der Waals surface area contributed by atoms with E-state index in [-0.39, 0.29) is 5.91 Å². The van der Waals surface area contributed by atoms with Crippen molar-refractivity contribution in [2.75, 3.05) is 5.32 Å². The summed E-state index contributed by atoms with van der Waals surface area (Å²) < 4.78 is 1.68. The second-order valence-electron chi connectivity index (χ2n) is 5.35. The maximum atomic E-state index is 11.1. The Balaban J connectivity index is 1.81. The third-order valence-electron chi connectivity index (χ3n) is 3.59. The number of hydrogen-bond acceptors (Lipinski definition) is 6. The molecule has 4 aromatic rings. The van der Waals surface area contributed by atoms with Crippen LogP contribution in [0.3, 0.4) is 0 Å². The summed E-state index contributed by atoms with van der Waals surface area (Å²) in [5.74, 6) is 0.827. The van der Waals surface area contributed by atoms with Gasteiger partial charge in [0.05, 0.1) is 11.4 Å². The Labute approximate surface area is 142 Å². The number of carbonyl (C=O) groups excluding carboxylic acids is 1. The van der Waals surface area contributed by atoms with Gasteiger partial charge in [0.25, 0.3) is 5.78 Å². The molecule has 0 bridgehead atoms. The van der Waals surface area contributed by atoms with Crippen LogP contribution in [0.1, 0.15) is 6.92 Å². The van der Waals surface area contributed by atoms with Crippen molar-refractivity contribution in [3.05, 3.63) is 55.2 Å².